The SMILES string of the molecule is CCCCCCOc1ccc(/C=C/C(C/C=C/C=O)OCC)cc1. The second-order valence-corrected chi connectivity index (χ2v) is 5.63. The number of rotatable bonds is 13. The first-order chi connectivity index (χ1) is 11.8. The summed E-state index contributed by atoms with van der Waals surface area (Å²) in [5.41, 5.74) is 1.11. The number of carbonyl (C=O) groups is 1. The topological polar surface area (TPSA) is 35.5 Å². The third-order valence-corrected chi connectivity index (χ3v) is 3.61. The van der Waals surface area contributed by atoms with Gasteiger partial charge in [-0.15, -0.1) is 0 Å². The minimum absolute atomic E-state index is 0.0132. The van der Waals surface area contributed by atoms with E-state index >= 15 is 0 Å². The molecule has 0 fully saturated rings. The van der Waals surface area contributed by atoms with Crippen molar-refractivity contribution in [3.05, 3.63) is 48.1 Å². The molecule has 1 atom stereocenters. The number of hydrogen-bond acceptors (Lipinski definition) is 3. The minimum Gasteiger partial charge on any atom is -0.494 e. The van der Waals surface area contributed by atoms with Gasteiger partial charge in [-0.25, -0.2) is 0 Å². The van der Waals surface area contributed by atoms with Gasteiger partial charge in [0.2, 0.25) is 0 Å². The Hall–Kier alpha value is -1.87. The van der Waals surface area contributed by atoms with Gasteiger partial charge in [0.1, 0.15) is 12.0 Å². The molecule has 0 saturated carbocycles. The molecule has 0 saturated heterocycles. The highest BCUT2D eigenvalue weighted by Crippen LogP contribution is 2.15. The average Bonchev–Trinajstić information content (AvgIpc) is 2.61. The number of aldehydes is 1. The molecule has 3 nitrogen and oxygen atoms in total. The highest BCUT2D eigenvalue weighted by molar-refractivity contribution is 5.64. The molecule has 0 aromatic heterocycles. The molecule has 24 heavy (non-hydrogen) atoms. The minimum atomic E-state index is -0.0132. The van der Waals surface area contributed by atoms with Crippen LogP contribution in [0.25, 0.3) is 6.08 Å². The maximum absolute atomic E-state index is 10.3. The summed E-state index contributed by atoms with van der Waals surface area (Å²) < 4.78 is 11.4. The molecule has 1 aromatic rings. The van der Waals surface area contributed by atoms with Crippen LogP contribution in [0.1, 0.15) is 51.5 Å². The van der Waals surface area contributed by atoms with Crippen LogP contribution < -0.4 is 4.74 Å². The highest BCUT2D eigenvalue weighted by atomic mass is 16.5. The molecule has 0 radical (unpaired) electrons. The van der Waals surface area contributed by atoms with E-state index in [1.54, 1.807) is 0 Å². The fourth-order valence-electron chi connectivity index (χ4n) is 2.30. The van der Waals surface area contributed by atoms with Crippen molar-refractivity contribution in [2.45, 2.75) is 52.1 Å². The third kappa shape index (κ3) is 9.31. The van der Waals surface area contributed by atoms with Crippen molar-refractivity contribution >= 4 is 12.4 Å². The van der Waals surface area contributed by atoms with Crippen LogP contribution in [0.4, 0.5) is 0 Å². The Bertz CT molecular complexity index is 488. The van der Waals surface area contributed by atoms with Crippen molar-refractivity contribution in [3.63, 3.8) is 0 Å². The number of carbonyl (C=O) groups excluding carboxylic acids is 1. The lowest BCUT2D eigenvalue weighted by Gasteiger charge is -2.10. The molecule has 0 spiro atoms. The van der Waals surface area contributed by atoms with Gasteiger partial charge in [-0.2, -0.15) is 0 Å². The molecule has 0 aliphatic heterocycles. The van der Waals surface area contributed by atoms with Gasteiger partial charge in [0.05, 0.1) is 12.7 Å². The molecule has 3 heteroatoms. The lowest BCUT2D eigenvalue weighted by Crippen LogP contribution is -2.08. The molecule has 0 aliphatic carbocycles. The first-order valence-electron chi connectivity index (χ1n) is 8.93. The highest BCUT2D eigenvalue weighted by Gasteiger charge is 2.01. The van der Waals surface area contributed by atoms with Gasteiger partial charge in [0.15, 0.2) is 0 Å². The lowest BCUT2D eigenvalue weighted by atomic mass is 10.1. The Kier molecular flexibility index (Phi) is 11.4. The number of hydrogen-bond donors (Lipinski definition) is 0. The second kappa shape index (κ2) is 13.6. The quantitative estimate of drug-likeness (QED) is 0.283. The molecule has 1 rings (SSSR count). The first kappa shape index (κ1) is 20.2. The lowest BCUT2D eigenvalue weighted by molar-refractivity contribution is -0.104. The van der Waals surface area contributed by atoms with Gasteiger partial charge in [-0.05, 0) is 43.5 Å². The molecule has 1 aromatic carbocycles. The summed E-state index contributed by atoms with van der Waals surface area (Å²) in [6, 6.07) is 8.09. The smallest absolute Gasteiger partial charge is 0.142 e. The second-order valence-electron chi connectivity index (χ2n) is 5.63. The predicted molar refractivity (Wildman–Crippen MR) is 100 cm³/mol. The normalized spacial score (nSPS) is 12.8. The van der Waals surface area contributed by atoms with E-state index in [1.807, 2.05) is 49.4 Å². The van der Waals surface area contributed by atoms with Gasteiger partial charge >= 0.3 is 0 Å². The summed E-state index contributed by atoms with van der Waals surface area (Å²) >= 11 is 0. The van der Waals surface area contributed by atoms with Crippen LogP contribution in [0.2, 0.25) is 0 Å². The predicted octanol–water partition coefficient (Wildman–Crippen LogP) is 5.21. The van der Waals surface area contributed by atoms with Crippen molar-refractivity contribution in [3.8, 4) is 5.75 Å². The monoisotopic (exact) mass is 330 g/mol. The molecule has 0 N–H and O–H groups in total. The van der Waals surface area contributed by atoms with E-state index < -0.39 is 0 Å². The maximum Gasteiger partial charge on any atom is 0.142 e. The molecule has 1 unspecified atom stereocenters. The summed E-state index contributed by atoms with van der Waals surface area (Å²) in [5, 5.41) is 0. The average molecular weight is 330 g/mol. The van der Waals surface area contributed by atoms with E-state index in [9.17, 15) is 4.79 Å². The number of benzene rings is 1. The van der Waals surface area contributed by atoms with E-state index in [2.05, 4.69) is 6.92 Å². The molecule has 0 amide bonds. The summed E-state index contributed by atoms with van der Waals surface area (Å²) in [5.74, 6) is 0.916. The Labute approximate surface area is 146 Å². The maximum atomic E-state index is 10.3. The van der Waals surface area contributed by atoms with Crippen LogP contribution in [-0.2, 0) is 9.53 Å². The molecule has 0 aliphatic rings. The van der Waals surface area contributed by atoms with Crippen LogP contribution in [0.5, 0.6) is 5.75 Å². The van der Waals surface area contributed by atoms with Gasteiger partial charge in [0.25, 0.3) is 0 Å². The zero-order chi connectivity index (χ0) is 17.5. The number of ether oxygens (including phenoxy) is 2. The van der Waals surface area contributed by atoms with E-state index in [0.717, 1.165) is 30.6 Å². The van der Waals surface area contributed by atoms with Crippen molar-refractivity contribution < 1.29 is 14.3 Å². The van der Waals surface area contributed by atoms with Crippen molar-refractivity contribution in [1.82, 2.24) is 0 Å². The fraction of sp³-hybridized carbons (Fsp3) is 0.476. The van der Waals surface area contributed by atoms with Crippen LogP contribution in [-0.4, -0.2) is 25.6 Å². The van der Waals surface area contributed by atoms with E-state index in [-0.39, 0.29) is 6.10 Å². The van der Waals surface area contributed by atoms with Gasteiger partial charge in [0, 0.05) is 6.61 Å². The summed E-state index contributed by atoms with van der Waals surface area (Å²) in [4.78, 5) is 10.3. The van der Waals surface area contributed by atoms with Crippen molar-refractivity contribution in [1.29, 1.82) is 0 Å². The Morgan fingerprint density at radius 3 is 2.54 bits per heavy atom. The first-order valence-corrected chi connectivity index (χ1v) is 8.93. The van der Waals surface area contributed by atoms with Crippen LogP contribution in [0, 0.1) is 0 Å². The number of allylic oxidation sites excluding steroid dienone is 1. The molecular formula is C21H30O3. The standard InChI is InChI=1S/C21H30O3/c1-3-5-6-9-18-24-21-15-12-19(13-16-21)11-14-20(23-4-2)10-7-8-17-22/h7-8,11-17,20H,3-6,9-10,18H2,1-2H3/b8-7+,14-11+. The Balaban J connectivity index is 2.45. The summed E-state index contributed by atoms with van der Waals surface area (Å²) in [7, 11) is 0. The van der Waals surface area contributed by atoms with Crippen LogP contribution >= 0.6 is 0 Å². The Morgan fingerprint density at radius 1 is 1.08 bits per heavy atom. The molecule has 0 heterocycles. The number of unbranched alkanes of at least 4 members (excludes halogenated alkanes) is 3. The van der Waals surface area contributed by atoms with Gasteiger partial charge in [-0.1, -0.05) is 56.5 Å². The van der Waals surface area contributed by atoms with E-state index in [1.165, 1.54) is 25.3 Å². The third-order valence-electron chi connectivity index (χ3n) is 3.61. The summed E-state index contributed by atoms with van der Waals surface area (Å²) in [6.07, 6.45) is 13.7. The molecule has 132 valence electrons. The largest absolute Gasteiger partial charge is 0.494 e. The zero-order valence-corrected chi connectivity index (χ0v) is 14.9. The van der Waals surface area contributed by atoms with Crippen molar-refractivity contribution in [2.24, 2.45) is 0 Å². The van der Waals surface area contributed by atoms with Gasteiger partial charge in [-0.3, -0.25) is 4.79 Å². The summed E-state index contributed by atoms with van der Waals surface area (Å²) in [6.45, 7) is 5.61. The van der Waals surface area contributed by atoms with E-state index in [0.29, 0.717) is 13.0 Å². The van der Waals surface area contributed by atoms with E-state index in [4.69, 9.17) is 9.47 Å². The van der Waals surface area contributed by atoms with Crippen LogP contribution in [0.15, 0.2) is 42.5 Å². The molecule has 0 bridgehead atoms. The Morgan fingerprint density at radius 2 is 1.88 bits per heavy atom. The zero-order valence-electron chi connectivity index (χ0n) is 14.9. The van der Waals surface area contributed by atoms with Gasteiger partial charge < -0.3 is 9.47 Å². The van der Waals surface area contributed by atoms with Crippen LogP contribution in [0.3, 0.4) is 0 Å². The molecular weight excluding hydrogens is 300 g/mol. The van der Waals surface area contributed by atoms with Crippen molar-refractivity contribution in [2.75, 3.05) is 13.2 Å². The fourth-order valence-corrected chi connectivity index (χ4v) is 2.30.